The fourth-order valence-corrected chi connectivity index (χ4v) is 4.79. The molecule has 32 heavy (non-hydrogen) atoms. The zero-order valence-electron chi connectivity index (χ0n) is 20.4. The first-order valence-electron chi connectivity index (χ1n) is 11.4. The second kappa shape index (κ2) is 10.5. The summed E-state index contributed by atoms with van der Waals surface area (Å²) in [5.74, 6) is 2.05. The van der Waals surface area contributed by atoms with Crippen molar-refractivity contribution in [3.05, 3.63) is 0 Å². The number of likely N-dealkylation sites (tertiary alicyclic amines) is 1. The van der Waals surface area contributed by atoms with Crippen LogP contribution in [0.1, 0.15) is 66.7 Å². The Morgan fingerprint density at radius 3 is 2.44 bits per heavy atom. The number of carbonyl (C=O) groups is 3. The van der Waals surface area contributed by atoms with E-state index in [0.717, 1.165) is 12.8 Å². The summed E-state index contributed by atoms with van der Waals surface area (Å²) in [5, 5.41) is 0. The number of amides is 2. The quantitative estimate of drug-likeness (QED) is 0.360. The molecule has 1 aliphatic carbocycles. The van der Waals surface area contributed by atoms with Gasteiger partial charge in [-0.15, -0.1) is 6.42 Å². The van der Waals surface area contributed by atoms with Crippen molar-refractivity contribution in [2.75, 3.05) is 14.2 Å². The van der Waals surface area contributed by atoms with Crippen molar-refractivity contribution in [1.29, 1.82) is 0 Å². The number of esters is 1. The van der Waals surface area contributed by atoms with Crippen molar-refractivity contribution in [2.24, 2.45) is 11.8 Å². The van der Waals surface area contributed by atoms with Crippen LogP contribution in [0.3, 0.4) is 0 Å². The number of hydrogen-bond acceptors (Lipinski definition) is 6. The molecule has 1 aliphatic heterocycles. The topological polar surface area (TPSA) is 85.4 Å². The predicted octanol–water partition coefficient (Wildman–Crippen LogP) is 3.82. The fourth-order valence-electron chi connectivity index (χ4n) is 4.79. The van der Waals surface area contributed by atoms with Crippen LogP contribution < -0.4 is 0 Å². The molecule has 8 heteroatoms. The van der Waals surface area contributed by atoms with Gasteiger partial charge in [0, 0.05) is 19.0 Å². The maximum absolute atomic E-state index is 13.3. The van der Waals surface area contributed by atoms with E-state index >= 15 is 0 Å². The first-order valence-corrected chi connectivity index (χ1v) is 11.4. The molecule has 0 aromatic carbocycles. The molecule has 2 aliphatic rings. The molecule has 0 spiro atoms. The number of methoxy groups -OCH3 is 1. The molecule has 180 valence electrons. The highest BCUT2D eigenvalue weighted by atomic mass is 16.6. The molecule has 6 atom stereocenters. The SMILES string of the molecule is C#CC1C[C@H]2[C@@H](OC(=O)[C@H]([C@@H](C)CC)N(C)C(=O)OC(C)(C)C)CCC[C@H]2N1C(=O)OC. The summed E-state index contributed by atoms with van der Waals surface area (Å²) >= 11 is 0. The van der Waals surface area contributed by atoms with Crippen LogP contribution in [-0.2, 0) is 19.0 Å². The lowest BCUT2D eigenvalue weighted by Gasteiger charge is -2.38. The van der Waals surface area contributed by atoms with Gasteiger partial charge in [-0.05, 0) is 52.4 Å². The minimum Gasteiger partial charge on any atom is -0.460 e. The molecule has 8 nitrogen and oxygen atoms in total. The van der Waals surface area contributed by atoms with E-state index in [1.807, 2.05) is 13.8 Å². The van der Waals surface area contributed by atoms with E-state index in [9.17, 15) is 14.4 Å². The number of carbonyl (C=O) groups excluding carboxylic acids is 3. The summed E-state index contributed by atoms with van der Waals surface area (Å²) in [6.07, 6.45) is 7.84. The van der Waals surface area contributed by atoms with E-state index < -0.39 is 29.8 Å². The molecule has 1 saturated carbocycles. The summed E-state index contributed by atoms with van der Waals surface area (Å²) < 4.78 is 16.4. The number of ether oxygens (including phenoxy) is 3. The maximum atomic E-state index is 13.3. The van der Waals surface area contributed by atoms with Gasteiger partial charge in [-0.3, -0.25) is 9.80 Å². The molecule has 0 bridgehead atoms. The molecule has 0 aromatic rings. The van der Waals surface area contributed by atoms with E-state index in [1.54, 1.807) is 32.7 Å². The standard InChI is InChI=1S/C24H38N2O6/c1-9-15(3)20(25(7)22(28)32-24(4,5)6)21(27)31-19-13-11-12-18-17(19)14-16(10-2)26(18)23(29)30-8/h2,15-20H,9,11-14H2,1,3-8H3/t15-,16?,17+,18+,19-,20-/m0/s1. The Hall–Kier alpha value is -2.43. The van der Waals surface area contributed by atoms with Crippen LogP contribution in [-0.4, -0.2) is 71.9 Å². The Labute approximate surface area is 191 Å². The van der Waals surface area contributed by atoms with Crippen LogP contribution in [0.25, 0.3) is 0 Å². The number of fused-ring (bicyclic) bond motifs is 1. The highest BCUT2D eigenvalue weighted by Gasteiger charge is 2.50. The first-order chi connectivity index (χ1) is 14.9. The van der Waals surface area contributed by atoms with Crippen molar-refractivity contribution in [2.45, 2.75) is 96.6 Å². The van der Waals surface area contributed by atoms with E-state index in [0.29, 0.717) is 19.3 Å². The lowest BCUT2D eigenvalue weighted by atomic mass is 9.82. The minimum atomic E-state index is -0.767. The Morgan fingerprint density at radius 2 is 1.91 bits per heavy atom. The van der Waals surface area contributed by atoms with Crippen LogP contribution in [0.2, 0.25) is 0 Å². The van der Waals surface area contributed by atoms with Gasteiger partial charge in [-0.2, -0.15) is 0 Å². The van der Waals surface area contributed by atoms with Gasteiger partial charge in [0.15, 0.2) is 0 Å². The van der Waals surface area contributed by atoms with Gasteiger partial charge in [0.2, 0.25) is 0 Å². The summed E-state index contributed by atoms with van der Waals surface area (Å²) in [4.78, 5) is 41.2. The molecule has 2 fully saturated rings. The van der Waals surface area contributed by atoms with Crippen molar-refractivity contribution < 1.29 is 28.6 Å². The molecule has 1 unspecified atom stereocenters. The maximum Gasteiger partial charge on any atom is 0.410 e. The molecule has 1 heterocycles. The fraction of sp³-hybridized carbons (Fsp3) is 0.792. The van der Waals surface area contributed by atoms with Crippen LogP contribution in [0.5, 0.6) is 0 Å². The normalized spacial score (nSPS) is 26.9. The lowest BCUT2D eigenvalue weighted by molar-refractivity contribution is -0.162. The number of hydrogen-bond donors (Lipinski definition) is 0. The highest BCUT2D eigenvalue weighted by Crippen LogP contribution is 2.41. The average molecular weight is 451 g/mol. The second-order valence-corrected chi connectivity index (χ2v) is 9.85. The van der Waals surface area contributed by atoms with Crippen LogP contribution in [0, 0.1) is 24.2 Å². The minimum absolute atomic E-state index is 0.0581. The van der Waals surface area contributed by atoms with Gasteiger partial charge < -0.3 is 14.2 Å². The summed E-state index contributed by atoms with van der Waals surface area (Å²) in [5.41, 5.74) is -0.669. The van der Waals surface area contributed by atoms with Crippen molar-refractivity contribution >= 4 is 18.2 Å². The number of likely N-dealkylation sites (N-methyl/N-ethyl adjacent to an activating group) is 1. The molecule has 2 amide bonds. The molecule has 0 N–H and O–H groups in total. The van der Waals surface area contributed by atoms with Gasteiger partial charge in [0.1, 0.15) is 17.7 Å². The largest absolute Gasteiger partial charge is 0.460 e. The second-order valence-electron chi connectivity index (χ2n) is 9.85. The highest BCUT2D eigenvalue weighted by molar-refractivity contribution is 5.82. The van der Waals surface area contributed by atoms with Gasteiger partial charge in [-0.1, -0.05) is 26.2 Å². The third kappa shape index (κ3) is 5.67. The Balaban J connectivity index is 2.19. The van der Waals surface area contributed by atoms with Gasteiger partial charge in [0.25, 0.3) is 0 Å². The van der Waals surface area contributed by atoms with Gasteiger partial charge >= 0.3 is 18.2 Å². The van der Waals surface area contributed by atoms with E-state index in [1.165, 1.54) is 12.0 Å². The Bertz CT molecular complexity index is 740. The van der Waals surface area contributed by atoms with Crippen molar-refractivity contribution in [3.8, 4) is 12.3 Å². The summed E-state index contributed by atoms with van der Waals surface area (Å²) in [6, 6.07) is -1.27. The molecule has 0 radical (unpaired) electrons. The monoisotopic (exact) mass is 450 g/mol. The Kier molecular flexibility index (Phi) is 8.44. The Morgan fingerprint density at radius 1 is 1.25 bits per heavy atom. The van der Waals surface area contributed by atoms with Crippen LogP contribution in [0.4, 0.5) is 9.59 Å². The van der Waals surface area contributed by atoms with Crippen molar-refractivity contribution in [1.82, 2.24) is 9.80 Å². The zero-order chi connectivity index (χ0) is 24.2. The predicted molar refractivity (Wildman–Crippen MR) is 120 cm³/mol. The summed E-state index contributed by atoms with van der Waals surface area (Å²) in [7, 11) is 2.91. The van der Waals surface area contributed by atoms with E-state index in [2.05, 4.69) is 5.92 Å². The third-order valence-electron chi connectivity index (χ3n) is 6.52. The number of nitrogens with zero attached hydrogens (tertiary/aromatic N) is 2. The molecule has 0 aromatic heterocycles. The first kappa shape index (κ1) is 25.8. The van der Waals surface area contributed by atoms with Crippen LogP contribution >= 0.6 is 0 Å². The van der Waals surface area contributed by atoms with Gasteiger partial charge in [-0.25, -0.2) is 14.4 Å². The average Bonchev–Trinajstić information content (AvgIpc) is 3.11. The van der Waals surface area contributed by atoms with Gasteiger partial charge in [0.05, 0.1) is 13.2 Å². The molecule has 1 saturated heterocycles. The van der Waals surface area contributed by atoms with E-state index in [4.69, 9.17) is 20.6 Å². The van der Waals surface area contributed by atoms with Crippen molar-refractivity contribution in [3.63, 3.8) is 0 Å². The van der Waals surface area contributed by atoms with Crippen LogP contribution in [0.15, 0.2) is 0 Å². The van der Waals surface area contributed by atoms with E-state index in [-0.39, 0.29) is 30.0 Å². The number of terminal acetylenes is 1. The third-order valence-corrected chi connectivity index (χ3v) is 6.52. The number of rotatable bonds is 5. The lowest BCUT2D eigenvalue weighted by Crippen LogP contribution is -2.51. The molecular weight excluding hydrogens is 412 g/mol. The summed E-state index contributed by atoms with van der Waals surface area (Å²) in [6.45, 7) is 9.23. The smallest absolute Gasteiger partial charge is 0.410 e. The molecular formula is C24H38N2O6. The molecule has 2 rings (SSSR count). The zero-order valence-corrected chi connectivity index (χ0v) is 20.4.